The molecule has 0 bridgehead atoms. The number of hydrogen-bond donors (Lipinski definition) is 0. The van der Waals surface area contributed by atoms with Gasteiger partial charge in [0.25, 0.3) is 0 Å². The molecule has 8 heteroatoms. The van der Waals surface area contributed by atoms with Crippen LogP contribution in [0.15, 0.2) is 23.2 Å². The first-order valence-corrected chi connectivity index (χ1v) is 8.81. The molecule has 0 radical (unpaired) electrons. The van der Waals surface area contributed by atoms with Gasteiger partial charge in [0.2, 0.25) is 0 Å². The second kappa shape index (κ2) is 7.83. The molecule has 1 unspecified atom stereocenters. The number of nitrogens with zero attached hydrogens (tertiary/aromatic N) is 5. The molecule has 0 N–H and O–H groups in total. The minimum absolute atomic E-state index is 0.283. The zero-order valence-corrected chi connectivity index (χ0v) is 15.0. The summed E-state index contributed by atoms with van der Waals surface area (Å²) in [5.74, 6) is 0.370. The van der Waals surface area contributed by atoms with E-state index in [0.29, 0.717) is 37.1 Å². The molecule has 1 saturated heterocycles. The third-order valence-corrected chi connectivity index (χ3v) is 4.45. The van der Waals surface area contributed by atoms with Crippen molar-refractivity contribution in [1.29, 1.82) is 0 Å². The molecule has 1 atom stereocenters. The molecule has 0 aromatic carbocycles. The summed E-state index contributed by atoms with van der Waals surface area (Å²) in [6, 6.07) is 0.358. The highest BCUT2D eigenvalue weighted by molar-refractivity contribution is 9.10. The van der Waals surface area contributed by atoms with Crippen LogP contribution in [-0.2, 0) is 6.42 Å². The van der Waals surface area contributed by atoms with Crippen molar-refractivity contribution >= 4 is 21.7 Å². The van der Waals surface area contributed by atoms with Gasteiger partial charge in [-0.15, -0.1) is 0 Å². The lowest BCUT2D eigenvalue weighted by molar-refractivity contribution is 0.213. The van der Waals surface area contributed by atoms with Crippen LogP contribution in [0.25, 0.3) is 0 Å². The zero-order chi connectivity index (χ0) is 16.9. The van der Waals surface area contributed by atoms with Crippen molar-refractivity contribution in [1.82, 2.24) is 19.9 Å². The average Bonchev–Trinajstić information content (AvgIpc) is 2.62. The molecule has 2 aromatic rings. The van der Waals surface area contributed by atoms with E-state index in [-0.39, 0.29) is 11.7 Å². The largest absolute Gasteiger partial charge is 0.463 e. The van der Waals surface area contributed by atoms with E-state index in [4.69, 9.17) is 4.74 Å². The van der Waals surface area contributed by atoms with Gasteiger partial charge in [0.15, 0.2) is 11.6 Å². The lowest BCUT2D eigenvalue weighted by Crippen LogP contribution is -2.39. The number of aryl methyl sites for hydroxylation is 1. The van der Waals surface area contributed by atoms with Gasteiger partial charge >= 0.3 is 6.01 Å². The predicted molar refractivity (Wildman–Crippen MR) is 91.5 cm³/mol. The summed E-state index contributed by atoms with van der Waals surface area (Å²) in [7, 11) is 0. The first-order valence-electron chi connectivity index (χ1n) is 8.02. The number of rotatable bonds is 5. The molecule has 3 heterocycles. The van der Waals surface area contributed by atoms with Crippen LogP contribution >= 0.6 is 15.9 Å². The van der Waals surface area contributed by atoms with E-state index >= 15 is 0 Å². The fraction of sp³-hybridized carbons (Fsp3) is 0.500. The van der Waals surface area contributed by atoms with Gasteiger partial charge in [-0.05, 0) is 35.2 Å². The highest BCUT2D eigenvalue weighted by atomic mass is 79.9. The standard InChI is InChI=1S/C16H19BrFN5O/c1-2-13-14(18)15(22-10-21-13)23-5-3-4-11(8-23)9-24-16-19-6-12(17)7-20-16/h6-7,10-11H,2-5,8-9H2,1H3. The topological polar surface area (TPSA) is 64.0 Å². The Kier molecular flexibility index (Phi) is 5.55. The summed E-state index contributed by atoms with van der Waals surface area (Å²) < 4.78 is 20.9. The van der Waals surface area contributed by atoms with Crippen LogP contribution in [0, 0.1) is 11.7 Å². The summed E-state index contributed by atoms with van der Waals surface area (Å²) in [5.41, 5.74) is 0.460. The van der Waals surface area contributed by atoms with Crippen molar-refractivity contribution in [3.63, 3.8) is 0 Å². The first-order chi connectivity index (χ1) is 11.7. The minimum Gasteiger partial charge on any atom is -0.463 e. The van der Waals surface area contributed by atoms with E-state index in [2.05, 4.69) is 35.9 Å². The zero-order valence-electron chi connectivity index (χ0n) is 13.5. The lowest BCUT2D eigenvalue weighted by atomic mass is 9.99. The van der Waals surface area contributed by atoms with Crippen LogP contribution in [-0.4, -0.2) is 39.6 Å². The molecule has 0 amide bonds. The molecular formula is C16H19BrFN5O. The van der Waals surface area contributed by atoms with E-state index < -0.39 is 0 Å². The minimum atomic E-state index is -0.308. The van der Waals surface area contributed by atoms with Crippen LogP contribution in [0.3, 0.4) is 0 Å². The van der Waals surface area contributed by atoms with Crippen LogP contribution < -0.4 is 9.64 Å². The quantitative estimate of drug-likeness (QED) is 0.774. The number of hydrogen-bond acceptors (Lipinski definition) is 6. The highest BCUT2D eigenvalue weighted by Crippen LogP contribution is 2.25. The highest BCUT2D eigenvalue weighted by Gasteiger charge is 2.25. The summed E-state index contributed by atoms with van der Waals surface area (Å²) in [5, 5.41) is 0. The SMILES string of the molecule is CCc1ncnc(N2CCCC(COc3ncc(Br)cn3)C2)c1F. The van der Waals surface area contributed by atoms with Crippen molar-refractivity contribution in [2.24, 2.45) is 5.92 Å². The Morgan fingerprint density at radius 2 is 2.08 bits per heavy atom. The molecule has 6 nitrogen and oxygen atoms in total. The predicted octanol–water partition coefficient (Wildman–Crippen LogP) is 3.03. The fourth-order valence-electron chi connectivity index (χ4n) is 2.82. The van der Waals surface area contributed by atoms with E-state index in [1.54, 1.807) is 12.4 Å². The fourth-order valence-corrected chi connectivity index (χ4v) is 3.03. The van der Waals surface area contributed by atoms with Gasteiger partial charge in [-0.25, -0.2) is 24.3 Å². The van der Waals surface area contributed by atoms with Crippen molar-refractivity contribution < 1.29 is 9.13 Å². The molecule has 1 aliphatic rings. The van der Waals surface area contributed by atoms with Gasteiger partial charge < -0.3 is 9.64 Å². The van der Waals surface area contributed by atoms with Gasteiger partial charge in [-0.1, -0.05) is 6.92 Å². The van der Waals surface area contributed by atoms with Crippen LogP contribution in [0.1, 0.15) is 25.5 Å². The molecule has 128 valence electrons. The summed E-state index contributed by atoms with van der Waals surface area (Å²) >= 11 is 3.29. The van der Waals surface area contributed by atoms with Gasteiger partial charge in [0.1, 0.15) is 6.33 Å². The number of aromatic nitrogens is 4. The van der Waals surface area contributed by atoms with Gasteiger partial charge in [0.05, 0.1) is 16.8 Å². The molecular weight excluding hydrogens is 377 g/mol. The van der Waals surface area contributed by atoms with Gasteiger partial charge in [0, 0.05) is 31.4 Å². The summed E-state index contributed by atoms with van der Waals surface area (Å²) in [6.45, 7) is 3.89. The maximum Gasteiger partial charge on any atom is 0.316 e. The van der Waals surface area contributed by atoms with E-state index in [1.165, 1.54) is 6.33 Å². The Hall–Kier alpha value is -1.83. The maximum absolute atomic E-state index is 14.5. The van der Waals surface area contributed by atoms with Crippen molar-refractivity contribution in [2.45, 2.75) is 26.2 Å². The summed E-state index contributed by atoms with van der Waals surface area (Å²) in [6.07, 6.45) is 7.30. The van der Waals surface area contributed by atoms with E-state index in [0.717, 1.165) is 23.9 Å². The van der Waals surface area contributed by atoms with Gasteiger partial charge in [-0.3, -0.25) is 0 Å². The molecule has 0 saturated carbocycles. The Balaban J connectivity index is 1.63. The molecule has 0 aliphatic carbocycles. The third-order valence-electron chi connectivity index (χ3n) is 4.04. The number of ether oxygens (including phenoxy) is 1. The molecule has 2 aromatic heterocycles. The second-order valence-corrected chi connectivity index (χ2v) is 6.68. The summed E-state index contributed by atoms with van der Waals surface area (Å²) in [4.78, 5) is 18.3. The normalized spacial score (nSPS) is 17.8. The molecule has 0 spiro atoms. The van der Waals surface area contributed by atoms with Crippen molar-refractivity contribution in [3.8, 4) is 6.01 Å². The monoisotopic (exact) mass is 395 g/mol. The Morgan fingerprint density at radius 3 is 2.83 bits per heavy atom. The number of halogens is 2. The average molecular weight is 396 g/mol. The Bertz CT molecular complexity index is 685. The van der Waals surface area contributed by atoms with Crippen LogP contribution in [0.4, 0.5) is 10.2 Å². The smallest absolute Gasteiger partial charge is 0.316 e. The number of anilines is 1. The molecule has 3 rings (SSSR count). The van der Waals surface area contributed by atoms with Crippen LogP contribution in [0.5, 0.6) is 6.01 Å². The third kappa shape index (κ3) is 3.98. The molecule has 1 fully saturated rings. The Morgan fingerprint density at radius 1 is 1.29 bits per heavy atom. The lowest BCUT2D eigenvalue weighted by Gasteiger charge is -2.33. The van der Waals surface area contributed by atoms with Gasteiger partial charge in [-0.2, -0.15) is 0 Å². The van der Waals surface area contributed by atoms with E-state index in [9.17, 15) is 4.39 Å². The Labute approximate surface area is 148 Å². The second-order valence-electron chi connectivity index (χ2n) is 5.76. The first kappa shape index (κ1) is 17.0. The molecule has 1 aliphatic heterocycles. The van der Waals surface area contributed by atoms with Crippen LogP contribution in [0.2, 0.25) is 0 Å². The molecule has 24 heavy (non-hydrogen) atoms. The van der Waals surface area contributed by atoms with Crippen molar-refractivity contribution in [3.05, 3.63) is 34.7 Å². The van der Waals surface area contributed by atoms with Crippen molar-refractivity contribution in [2.75, 3.05) is 24.6 Å². The maximum atomic E-state index is 14.5. The number of piperidine rings is 1. The van der Waals surface area contributed by atoms with E-state index in [1.807, 2.05) is 11.8 Å².